The van der Waals surface area contributed by atoms with Gasteiger partial charge >= 0.3 is 0 Å². The minimum Gasteiger partial charge on any atom is -0.497 e. The van der Waals surface area contributed by atoms with Crippen LogP contribution in [0.15, 0.2) is 66.7 Å². The molecule has 2 amide bonds. The van der Waals surface area contributed by atoms with Crippen molar-refractivity contribution in [3.05, 3.63) is 72.3 Å². The molecule has 0 spiro atoms. The molecule has 2 atom stereocenters. The number of amides is 2. The van der Waals surface area contributed by atoms with E-state index in [2.05, 4.69) is 5.32 Å². The van der Waals surface area contributed by atoms with Crippen LogP contribution in [0.5, 0.6) is 11.5 Å². The third-order valence-electron chi connectivity index (χ3n) is 6.00. The number of hydrogen-bond donors (Lipinski definition) is 1. The highest BCUT2D eigenvalue weighted by Crippen LogP contribution is 2.25. The van der Waals surface area contributed by atoms with Gasteiger partial charge in [-0.2, -0.15) is 0 Å². The highest BCUT2D eigenvalue weighted by Gasteiger charge is 2.29. The van der Waals surface area contributed by atoms with Crippen LogP contribution in [-0.2, 0) is 16.1 Å². The Bertz CT molecular complexity index is 1090. The molecule has 0 aliphatic heterocycles. The lowest BCUT2D eigenvalue weighted by Gasteiger charge is -2.31. The van der Waals surface area contributed by atoms with Gasteiger partial charge in [0.1, 0.15) is 17.5 Å². The van der Waals surface area contributed by atoms with Gasteiger partial charge in [0.15, 0.2) is 6.61 Å². The first-order chi connectivity index (χ1) is 16.5. The van der Waals surface area contributed by atoms with Crippen LogP contribution < -0.4 is 14.8 Å². The summed E-state index contributed by atoms with van der Waals surface area (Å²) in [6, 6.07) is 20.6. The number of benzene rings is 3. The predicted molar refractivity (Wildman–Crippen MR) is 135 cm³/mol. The van der Waals surface area contributed by atoms with E-state index in [1.807, 2.05) is 87.5 Å². The van der Waals surface area contributed by atoms with Gasteiger partial charge in [-0.15, -0.1) is 0 Å². The molecular formula is C28H34N2O4. The van der Waals surface area contributed by atoms with Crippen molar-refractivity contribution in [2.24, 2.45) is 0 Å². The summed E-state index contributed by atoms with van der Waals surface area (Å²) in [4.78, 5) is 28.1. The molecule has 1 N–H and O–H groups in total. The Kier molecular flexibility index (Phi) is 8.91. The van der Waals surface area contributed by atoms with Gasteiger partial charge in [-0.05, 0) is 48.9 Å². The molecule has 0 aliphatic carbocycles. The molecule has 6 nitrogen and oxygen atoms in total. The summed E-state index contributed by atoms with van der Waals surface area (Å²) in [5, 5.41) is 5.01. The summed E-state index contributed by atoms with van der Waals surface area (Å²) in [5.74, 6) is 0.995. The molecule has 0 bridgehead atoms. The van der Waals surface area contributed by atoms with Gasteiger partial charge in [0, 0.05) is 18.0 Å². The van der Waals surface area contributed by atoms with E-state index in [4.69, 9.17) is 9.47 Å². The summed E-state index contributed by atoms with van der Waals surface area (Å²) in [6.07, 6.45) is 1.32. The Morgan fingerprint density at radius 1 is 0.941 bits per heavy atom. The molecule has 0 saturated heterocycles. The quantitative estimate of drug-likeness (QED) is 0.438. The normalized spacial score (nSPS) is 12.6. The lowest BCUT2D eigenvalue weighted by Crippen LogP contribution is -2.51. The van der Waals surface area contributed by atoms with E-state index in [-0.39, 0.29) is 24.5 Å². The van der Waals surface area contributed by atoms with Gasteiger partial charge in [-0.1, -0.05) is 62.4 Å². The number of fused-ring (bicyclic) bond motifs is 1. The third kappa shape index (κ3) is 6.28. The fourth-order valence-corrected chi connectivity index (χ4v) is 3.83. The van der Waals surface area contributed by atoms with Crippen LogP contribution in [0.2, 0.25) is 0 Å². The summed E-state index contributed by atoms with van der Waals surface area (Å²) >= 11 is 0. The fraction of sp³-hybridized carbons (Fsp3) is 0.357. The number of ether oxygens (including phenoxy) is 2. The van der Waals surface area contributed by atoms with Gasteiger partial charge < -0.3 is 19.7 Å². The number of methoxy groups -OCH3 is 1. The molecule has 0 heterocycles. The Balaban J connectivity index is 1.82. The van der Waals surface area contributed by atoms with Crippen LogP contribution in [0.4, 0.5) is 0 Å². The second-order valence-electron chi connectivity index (χ2n) is 8.38. The minimum absolute atomic E-state index is 0.0337. The average molecular weight is 463 g/mol. The summed E-state index contributed by atoms with van der Waals surface area (Å²) in [6.45, 7) is 6.04. The van der Waals surface area contributed by atoms with Gasteiger partial charge in [0.25, 0.3) is 5.91 Å². The van der Waals surface area contributed by atoms with Crippen LogP contribution in [0.1, 0.15) is 39.2 Å². The van der Waals surface area contributed by atoms with Gasteiger partial charge in [0.2, 0.25) is 5.91 Å². The molecule has 0 fully saturated rings. The van der Waals surface area contributed by atoms with Crippen molar-refractivity contribution in [2.45, 2.75) is 52.2 Å². The first-order valence-corrected chi connectivity index (χ1v) is 11.8. The van der Waals surface area contributed by atoms with E-state index in [0.29, 0.717) is 18.7 Å². The number of nitrogens with zero attached hydrogens (tertiary/aromatic N) is 1. The molecule has 3 aromatic carbocycles. The van der Waals surface area contributed by atoms with Crippen LogP contribution >= 0.6 is 0 Å². The van der Waals surface area contributed by atoms with Gasteiger partial charge in [-0.3, -0.25) is 9.59 Å². The van der Waals surface area contributed by atoms with Crippen LogP contribution in [0.3, 0.4) is 0 Å². The molecule has 0 aromatic heterocycles. The smallest absolute Gasteiger partial charge is 0.261 e. The van der Waals surface area contributed by atoms with Crippen molar-refractivity contribution < 1.29 is 19.1 Å². The van der Waals surface area contributed by atoms with Crippen LogP contribution in [0, 0.1) is 0 Å². The molecule has 0 aliphatic rings. The third-order valence-corrected chi connectivity index (χ3v) is 6.00. The number of rotatable bonds is 11. The largest absolute Gasteiger partial charge is 0.497 e. The molecule has 180 valence electrons. The monoisotopic (exact) mass is 462 g/mol. The number of carbonyl (C=O) groups is 2. The standard InChI is InChI=1S/C28H34N2O4/c1-5-20(3)29-28(32)25(6-2)30(18-21-14-16-23(33-4)17-15-21)27(31)19-34-26-13-9-11-22-10-7-8-12-24(22)26/h7-17,20,25H,5-6,18-19H2,1-4H3,(H,29,32)/t20-,25+/m0/s1. The Labute approximate surface area is 201 Å². The molecule has 6 heteroatoms. The molecule has 3 aromatic rings. The number of nitrogens with one attached hydrogen (secondary N) is 1. The molecule has 0 radical (unpaired) electrons. The molecule has 34 heavy (non-hydrogen) atoms. The zero-order valence-corrected chi connectivity index (χ0v) is 20.4. The van der Waals surface area contributed by atoms with E-state index >= 15 is 0 Å². The minimum atomic E-state index is -0.597. The Morgan fingerprint density at radius 3 is 2.32 bits per heavy atom. The highest BCUT2D eigenvalue weighted by molar-refractivity contribution is 5.90. The highest BCUT2D eigenvalue weighted by atomic mass is 16.5. The average Bonchev–Trinajstić information content (AvgIpc) is 2.87. The van der Waals surface area contributed by atoms with E-state index in [1.54, 1.807) is 12.0 Å². The zero-order valence-electron chi connectivity index (χ0n) is 20.4. The summed E-state index contributed by atoms with van der Waals surface area (Å²) in [5.41, 5.74) is 0.911. The fourth-order valence-electron chi connectivity index (χ4n) is 3.83. The first kappa shape index (κ1) is 25.1. The van der Waals surface area contributed by atoms with Crippen molar-refractivity contribution in [3.63, 3.8) is 0 Å². The van der Waals surface area contributed by atoms with Gasteiger partial charge in [0.05, 0.1) is 7.11 Å². The van der Waals surface area contributed by atoms with E-state index in [9.17, 15) is 9.59 Å². The number of carbonyl (C=O) groups excluding carboxylic acids is 2. The maximum Gasteiger partial charge on any atom is 0.261 e. The SMILES string of the molecule is CC[C@H](C(=O)N[C@@H](C)CC)N(Cc1ccc(OC)cc1)C(=O)COc1cccc2ccccc12. The summed E-state index contributed by atoms with van der Waals surface area (Å²) < 4.78 is 11.2. The molecule has 0 unspecified atom stereocenters. The van der Waals surface area contributed by atoms with Crippen molar-refractivity contribution in [2.75, 3.05) is 13.7 Å². The summed E-state index contributed by atoms with van der Waals surface area (Å²) in [7, 11) is 1.61. The lowest BCUT2D eigenvalue weighted by molar-refractivity contribution is -0.143. The topological polar surface area (TPSA) is 67.9 Å². The van der Waals surface area contributed by atoms with E-state index in [1.165, 1.54) is 0 Å². The van der Waals surface area contributed by atoms with Crippen LogP contribution in [0.25, 0.3) is 10.8 Å². The zero-order chi connectivity index (χ0) is 24.5. The second kappa shape index (κ2) is 12.1. The van der Waals surface area contributed by atoms with Gasteiger partial charge in [-0.25, -0.2) is 0 Å². The van der Waals surface area contributed by atoms with E-state index in [0.717, 1.165) is 28.5 Å². The molecule has 3 rings (SSSR count). The maximum absolute atomic E-state index is 13.4. The number of hydrogen-bond acceptors (Lipinski definition) is 4. The predicted octanol–water partition coefficient (Wildman–Crippen LogP) is 4.95. The van der Waals surface area contributed by atoms with Crippen molar-refractivity contribution >= 4 is 22.6 Å². The van der Waals surface area contributed by atoms with Crippen molar-refractivity contribution in [1.82, 2.24) is 10.2 Å². The second-order valence-corrected chi connectivity index (χ2v) is 8.38. The Morgan fingerprint density at radius 2 is 1.65 bits per heavy atom. The van der Waals surface area contributed by atoms with Crippen LogP contribution in [-0.4, -0.2) is 42.5 Å². The maximum atomic E-state index is 13.4. The van der Waals surface area contributed by atoms with Crippen molar-refractivity contribution in [1.29, 1.82) is 0 Å². The van der Waals surface area contributed by atoms with Crippen molar-refractivity contribution in [3.8, 4) is 11.5 Å². The van der Waals surface area contributed by atoms with E-state index < -0.39 is 6.04 Å². The first-order valence-electron chi connectivity index (χ1n) is 11.8. The molecule has 0 saturated carbocycles. The lowest BCUT2D eigenvalue weighted by atomic mass is 10.1. The molecular weight excluding hydrogens is 428 g/mol. The Hall–Kier alpha value is -3.54.